The number of methoxy groups -OCH3 is 1. The van der Waals surface area contributed by atoms with Crippen molar-refractivity contribution < 1.29 is 4.74 Å². The first kappa shape index (κ1) is 14.6. The number of nitrogens with one attached hydrogen (secondary N) is 1. The summed E-state index contributed by atoms with van der Waals surface area (Å²) >= 11 is 0. The normalized spacial score (nSPS) is 12.2. The average molecular weight is 270 g/mol. The number of rotatable bonds is 5. The van der Waals surface area contributed by atoms with Crippen LogP contribution in [0.15, 0.2) is 42.5 Å². The maximum absolute atomic E-state index is 5.74. The van der Waals surface area contributed by atoms with E-state index in [4.69, 9.17) is 10.6 Å². The van der Waals surface area contributed by atoms with E-state index < -0.39 is 0 Å². The third-order valence-electron chi connectivity index (χ3n) is 3.63. The number of nitrogens with two attached hydrogens (primary N) is 1. The zero-order chi connectivity index (χ0) is 14.5. The van der Waals surface area contributed by atoms with Crippen LogP contribution < -0.4 is 16.0 Å². The van der Waals surface area contributed by atoms with Crippen molar-refractivity contribution in [3.63, 3.8) is 0 Å². The lowest BCUT2D eigenvalue weighted by Crippen LogP contribution is -2.29. The molecule has 0 spiro atoms. The summed E-state index contributed by atoms with van der Waals surface area (Å²) in [5.74, 6) is 6.59. The van der Waals surface area contributed by atoms with Gasteiger partial charge < -0.3 is 4.74 Å². The van der Waals surface area contributed by atoms with Crippen molar-refractivity contribution in [1.82, 2.24) is 5.43 Å². The van der Waals surface area contributed by atoms with E-state index in [-0.39, 0.29) is 6.04 Å². The molecule has 0 heterocycles. The predicted octanol–water partition coefficient (Wildman–Crippen LogP) is 3.06. The molecule has 2 aromatic rings. The van der Waals surface area contributed by atoms with Gasteiger partial charge in [0, 0.05) is 0 Å². The van der Waals surface area contributed by atoms with Crippen molar-refractivity contribution in [3.05, 3.63) is 64.7 Å². The number of hydrazine groups is 1. The SMILES string of the molecule is COc1cccc(C(Cc2cc(C)ccc2C)NN)c1. The molecule has 106 valence electrons. The molecule has 0 radical (unpaired) electrons. The maximum atomic E-state index is 5.74. The third-order valence-corrected chi connectivity index (χ3v) is 3.63. The van der Waals surface area contributed by atoms with Gasteiger partial charge in [0.1, 0.15) is 5.75 Å². The molecular formula is C17H22N2O. The van der Waals surface area contributed by atoms with E-state index in [9.17, 15) is 0 Å². The molecule has 3 N–H and O–H groups in total. The predicted molar refractivity (Wildman–Crippen MR) is 82.7 cm³/mol. The monoisotopic (exact) mass is 270 g/mol. The molecular weight excluding hydrogens is 248 g/mol. The average Bonchev–Trinajstić information content (AvgIpc) is 2.48. The van der Waals surface area contributed by atoms with Gasteiger partial charge in [-0.05, 0) is 49.1 Å². The van der Waals surface area contributed by atoms with Crippen molar-refractivity contribution in [2.24, 2.45) is 5.84 Å². The molecule has 0 aliphatic heterocycles. The van der Waals surface area contributed by atoms with Crippen LogP contribution in [0, 0.1) is 13.8 Å². The summed E-state index contributed by atoms with van der Waals surface area (Å²) in [6, 6.07) is 14.6. The molecule has 0 saturated carbocycles. The van der Waals surface area contributed by atoms with E-state index in [2.05, 4.69) is 43.5 Å². The Morgan fingerprint density at radius 2 is 1.95 bits per heavy atom. The molecule has 0 aliphatic rings. The highest BCUT2D eigenvalue weighted by molar-refractivity contribution is 5.35. The Balaban J connectivity index is 2.26. The minimum Gasteiger partial charge on any atom is -0.497 e. The standard InChI is InChI=1S/C17H22N2O/c1-12-7-8-13(2)15(9-12)11-17(19-18)14-5-4-6-16(10-14)20-3/h4-10,17,19H,11,18H2,1-3H3. The summed E-state index contributed by atoms with van der Waals surface area (Å²) in [5.41, 5.74) is 7.92. The Morgan fingerprint density at radius 1 is 1.15 bits per heavy atom. The molecule has 0 bridgehead atoms. The van der Waals surface area contributed by atoms with Crippen molar-refractivity contribution in [2.45, 2.75) is 26.3 Å². The van der Waals surface area contributed by atoms with Gasteiger partial charge in [-0.3, -0.25) is 11.3 Å². The summed E-state index contributed by atoms with van der Waals surface area (Å²) in [4.78, 5) is 0. The fourth-order valence-corrected chi connectivity index (χ4v) is 2.37. The lowest BCUT2D eigenvalue weighted by molar-refractivity contribution is 0.413. The quantitative estimate of drug-likeness (QED) is 0.648. The molecule has 2 rings (SSSR count). The minimum atomic E-state index is 0.0746. The van der Waals surface area contributed by atoms with E-state index >= 15 is 0 Å². The van der Waals surface area contributed by atoms with Crippen LogP contribution in [-0.4, -0.2) is 7.11 Å². The molecule has 20 heavy (non-hydrogen) atoms. The Hall–Kier alpha value is -1.84. The van der Waals surface area contributed by atoms with Gasteiger partial charge in [0.25, 0.3) is 0 Å². The first-order valence-electron chi connectivity index (χ1n) is 6.80. The van der Waals surface area contributed by atoms with Crippen molar-refractivity contribution in [2.75, 3.05) is 7.11 Å². The van der Waals surface area contributed by atoms with Crippen molar-refractivity contribution in [1.29, 1.82) is 0 Å². The van der Waals surface area contributed by atoms with E-state index in [0.29, 0.717) is 0 Å². The van der Waals surface area contributed by atoms with E-state index in [1.807, 2.05) is 18.2 Å². The van der Waals surface area contributed by atoms with Crippen LogP contribution in [-0.2, 0) is 6.42 Å². The molecule has 0 fully saturated rings. The molecule has 1 atom stereocenters. The fourth-order valence-electron chi connectivity index (χ4n) is 2.37. The van der Waals surface area contributed by atoms with E-state index in [1.165, 1.54) is 16.7 Å². The van der Waals surface area contributed by atoms with Crippen LogP contribution in [0.3, 0.4) is 0 Å². The van der Waals surface area contributed by atoms with Crippen LogP contribution >= 0.6 is 0 Å². The lowest BCUT2D eigenvalue weighted by atomic mass is 9.95. The number of benzene rings is 2. The second-order valence-electron chi connectivity index (χ2n) is 5.13. The number of ether oxygens (including phenoxy) is 1. The summed E-state index contributed by atoms with van der Waals surface area (Å²) in [6.07, 6.45) is 0.858. The second-order valence-corrected chi connectivity index (χ2v) is 5.13. The molecule has 2 aromatic carbocycles. The van der Waals surface area contributed by atoms with Gasteiger partial charge >= 0.3 is 0 Å². The fraction of sp³-hybridized carbons (Fsp3) is 0.294. The second kappa shape index (κ2) is 6.55. The minimum absolute atomic E-state index is 0.0746. The zero-order valence-electron chi connectivity index (χ0n) is 12.3. The largest absolute Gasteiger partial charge is 0.497 e. The van der Waals surface area contributed by atoms with Gasteiger partial charge in [-0.15, -0.1) is 0 Å². The van der Waals surface area contributed by atoms with Crippen LogP contribution in [0.25, 0.3) is 0 Å². The van der Waals surface area contributed by atoms with Gasteiger partial charge in [-0.25, -0.2) is 0 Å². The van der Waals surface area contributed by atoms with Gasteiger partial charge in [-0.2, -0.15) is 0 Å². The lowest BCUT2D eigenvalue weighted by Gasteiger charge is -2.18. The Kier molecular flexibility index (Phi) is 4.77. The Bertz CT molecular complexity index is 581. The number of aryl methyl sites for hydroxylation is 2. The zero-order valence-corrected chi connectivity index (χ0v) is 12.3. The smallest absolute Gasteiger partial charge is 0.119 e. The summed E-state index contributed by atoms with van der Waals surface area (Å²) in [6.45, 7) is 4.24. The third kappa shape index (κ3) is 3.38. The molecule has 3 nitrogen and oxygen atoms in total. The van der Waals surface area contributed by atoms with Crippen LogP contribution in [0.5, 0.6) is 5.75 Å². The van der Waals surface area contributed by atoms with Crippen LogP contribution in [0.4, 0.5) is 0 Å². The van der Waals surface area contributed by atoms with Gasteiger partial charge in [0.2, 0.25) is 0 Å². The molecule has 0 aliphatic carbocycles. The Morgan fingerprint density at radius 3 is 2.65 bits per heavy atom. The topological polar surface area (TPSA) is 47.3 Å². The Labute approximate surface area is 120 Å². The van der Waals surface area contributed by atoms with Gasteiger partial charge in [0.05, 0.1) is 13.2 Å². The van der Waals surface area contributed by atoms with E-state index in [1.54, 1.807) is 7.11 Å². The van der Waals surface area contributed by atoms with Crippen LogP contribution in [0.2, 0.25) is 0 Å². The molecule has 0 amide bonds. The van der Waals surface area contributed by atoms with Crippen molar-refractivity contribution in [3.8, 4) is 5.75 Å². The highest BCUT2D eigenvalue weighted by Crippen LogP contribution is 2.23. The van der Waals surface area contributed by atoms with E-state index in [0.717, 1.165) is 17.7 Å². The first-order chi connectivity index (χ1) is 9.63. The number of hydrogen-bond donors (Lipinski definition) is 2. The maximum Gasteiger partial charge on any atom is 0.119 e. The number of hydrogen-bond acceptors (Lipinski definition) is 3. The molecule has 3 heteroatoms. The van der Waals surface area contributed by atoms with Gasteiger partial charge in [-0.1, -0.05) is 35.9 Å². The molecule has 0 saturated heterocycles. The summed E-state index contributed by atoms with van der Waals surface area (Å²) < 4.78 is 5.27. The summed E-state index contributed by atoms with van der Waals surface area (Å²) in [5, 5.41) is 0. The molecule has 1 unspecified atom stereocenters. The van der Waals surface area contributed by atoms with Crippen molar-refractivity contribution >= 4 is 0 Å². The highest BCUT2D eigenvalue weighted by Gasteiger charge is 2.12. The summed E-state index contributed by atoms with van der Waals surface area (Å²) in [7, 11) is 1.68. The van der Waals surface area contributed by atoms with Crippen LogP contribution in [0.1, 0.15) is 28.3 Å². The highest BCUT2D eigenvalue weighted by atomic mass is 16.5. The first-order valence-corrected chi connectivity index (χ1v) is 6.80. The van der Waals surface area contributed by atoms with Gasteiger partial charge in [0.15, 0.2) is 0 Å². The molecule has 0 aromatic heterocycles.